The molecule has 7 nitrogen and oxygen atoms in total. The van der Waals surface area contributed by atoms with Crippen LogP contribution in [-0.4, -0.2) is 47.4 Å². The van der Waals surface area contributed by atoms with Gasteiger partial charge in [-0.15, -0.1) is 0 Å². The minimum Gasteiger partial charge on any atom is -0.481 e. The Morgan fingerprint density at radius 3 is 2.09 bits per heavy atom. The topological polar surface area (TPSA) is 105 Å². The molecule has 1 saturated carbocycles. The number of carboxylic acid groups (broad SMARTS) is 1. The lowest BCUT2D eigenvalue weighted by molar-refractivity contribution is -0.167. The number of carbonyl (C=O) groups is 3. The molecule has 3 N–H and O–H groups in total. The molecule has 2 amide bonds. The van der Waals surface area contributed by atoms with Crippen LogP contribution in [0.3, 0.4) is 0 Å². The van der Waals surface area contributed by atoms with Gasteiger partial charge in [-0.1, -0.05) is 48.5 Å². The molecule has 0 aromatic heterocycles. The van der Waals surface area contributed by atoms with Crippen molar-refractivity contribution in [3.05, 3.63) is 59.7 Å². The van der Waals surface area contributed by atoms with E-state index in [9.17, 15) is 27.6 Å². The van der Waals surface area contributed by atoms with Gasteiger partial charge in [-0.2, -0.15) is 13.2 Å². The second kappa shape index (κ2) is 9.59. The monoisotopic (exact) mass is 490 g/mol. The summed E-state index contributed by atoms with van der Waals surface area (Å²) in [6, 6.07) is 13.2. The molecule has 0 heterocycles. The molecule has 0 bridgehead atoms. The minimum absolute atomic E-state index is 0.00134. The van der Waals surface area contributed by atoms with Gasteiger partial charge in [-0.3, -0.25) is 9.59 Å². The Balaban J connectivity index is 1.41. The number of carboxylic acids is 1. The van der Waals surface area contributed by atoms with E-state index in [1.54, 1.807) is 0 Å². The number of alkyl halides is 3. The average Bonchev–Trinajstić information content (AvgIpc) is 3.10. The Morgan fingerprint density at radius 2 is 1.60 bits per heavy atom. The van der Waals surface area contributed by atoms with Gasteiger partial charge in [0.1, 0.15) is 18.2 Å². The smallest absolute Gasteiger partial charge is 0.408 e. The molecule has 2 aliphatic rings. The van der Waals surface area contributed by atoms with Crippen LogP contribution in [-0.2, 0) is 14.3 Å². The number of fused-ring (bicyclic) bond motifs is 3. The number of amides is 2. The van der Waals surface area contributed by atoms with Gasteiger partial charge >= 0.3 is 18.2 Å². The van der Waals surface area contributed by atoms with Crippen LogP contribution in [0.1, 0.15) is 49.1 Å². The van der Waals surface area contributed by atoms with Crippen molar-refractivity contribution in [2.45, 2.75) is 55.8 Å². The molecule has 0 unspecified atom stereocenters. The van der Waals surface area contributed by atoms with Crippen molar-refractivity contribution in [2.24, 2.45) is 0 Å². The lowest BCUT2D eigenvalue weighted by atomic mass is 9.76. The third-order valence-electron chi connectivity index (χ3n) is 6.67. The highest BCUT2D eigenvalue weighted by Gasteiger charge is 2.49. The largest absolute Gasteiger partial charge is 0.481 e. The first-order chi connectivity index (χ1) is 16.6. The van der Waals surface area contributed by atoms with Gasteiger partial charge < -0.3 is 20.5 Å². The second-order valence-corrected chi connectivity index (χ2v) is 8.89. The fourth-order valence-corrected chi connectivity index (χ4v) is 4.65. The molecule has 186 valence electrons. The summed E-state index contributed by atoms with van der Waals surface area (Å²) in [7, 11) is 0. The number of nitrogens with one attached hydrogen (secondary N) is 2. The van der Waals surface area contributed by atoms with Crippen molar-refractivity contribution in [3.8, 4) is 11.1 Å². The Morgan fingerprint density at radius 1 is 1.03 bits per heavy atom. The standard InChI is InChI=1S/C25H25F3N2O5/c26-25(27,28)20(10-11-21(31)32)29-22(33)24(12-5-13-24)30-23(34)35-14-19-17-8-3-1-6-15(17)16-7-2-4-9-18(16)19/h1-4,6-9,19-20H,5,10-14H2,(H,29,33)(H,30,34)(H,31,32)/t20-/m0/s1. The Bertz CT molecular complexity index is 1080. The summed E-state index contributed by atoms with van der Waals surface area (Å²) in [4.78, 5) is 36.1. The number of aliphatic carboxylic acids is 1. The summed E-state index contributed by atoms with van der Waals surface area (Å²) < 4.78 is 45.4. The van der Waals surface area contributed by atoms with Crippen molar-refractivity contribution in [3.63, 3.8) is 0 Å². The van der Waals surface area contributed by atoms with Gasteiger partial charge in [-0.05, 0) is 47.9 Å². The van der Waals surface area contributed by atoms with Gasteiger partial charge in [0.25, 0.3) is 0 Å². The number of halogens is 3. The zero-order chi connectivity index (χ0) is 25.2. The maximum absolute atomic E-state index is 13.3. The zero-order valence-electron chi connectivity index (χ0n) is 18.7. The molecule has 2 aliphatic carbocycles. The van der Waals surface area contributed by atoms with Gasteiger partial charge in [0, 0.05) is 12.3 Å². The van der Waals surface area contributed by atoms with Gasteiger partial charge in [0.05, 0.1) is 0 Å². The number of hydrogen-bond donors (Lipinski definition) is 3. The lowest BCUT2D eigenvalue weighted by Crippen LogP contribution is -2.65. The predicted molar refractivity (Wildman–Crippen MR) is 120 cm³/mol. The molecule has 0 saturated heterocycles. The fourth-order valence-electron chi connectivity index (χ4n) is 4.65. The molecule has 10 heteroatoms. The van der Waals surface area contributed by atoms with Crippen LogP contribution in [0.5, 0.6) is 0 Å². The first-order valence-corrected chi connectivity index (χ1v) is 11.3. The first-order valence-electron chi connectivity index (χ1n) is 11.3. The van der Waals surface area contributed by atoms with Crippen LogP contribution in [0.25, 0.3) is 11.1 Å². The van der Waals surface area contributed by atoms with E-state index in [4.69, 9.17) is 9.84 Å². The van der Waals surface area contributed by atoms with Crippen LogP contribution in [0.4, 0.5) is 18.0 Å². The van der Waals surface area contributed by atoms with E-state index in [1.165, 1.54) is 0 Å². The maximum Gasteiger partial charge on any atom is 0.408 e. The summed E-state index contributed by atoms with van der Waals surface area (Å²) in [5.74, 6) is -2.60. The molecule has 2 aromatic rings. The highest BCUT2D eigenvalue weighted by Crippen LogP contribution is 2.44. The number of alkyl carbamates (subject to hydrolysis) is 1. The van der Waals surface area contributed by atoms with Crippen molar-refractivity contribution in [1.29, 1.82) is 0 Å². The van der Waals surface area contributed by atoms with E-state index < -0.39 is 48.6 Å². The van der Waals surface area contributed by atoms with Crippen molar-refractivity contribution < 1.29 is 37.4 Å². The Hall–Kier alpha value is -3.56. The van der Waals surface area contributed by atoms with Crippen molar-refractivity contribution in [2.75, 3.05) is 6.61 Å². The first kappa shape index (κ1) is 24.6. The van der Waals surface area contributed by atoms with Crippen LogP contribution < -0.4 is 10.6 Å². The van der Waals surface area contributed by atoms with Crippen LogP contribution in [0, 0.1) is 0 Å². The van der Waals surface area contributed by atoms with E-state index in [0.29, 0.717) is 6.42 Å². The third kappa shape index (κ3) is 5.11. The third-order valence-corrected chi connectivity index (χ3v) is 6.67. The minimum atomic E-state index is -4.82. The fraction of sp³-hybridized carbons (Fsp3) is 0.400. The average molecular weight is 490 g/mol. The van der Waals surface area contributed by atoms with Crippen LogP contribution >= 0.6 is 0 Å². The second-order valence-electron chi connectivity index (χ2n) is 8.89. The van der Waals surface area contributed by atoms with E-state index in [0.717, 1.165) is 22.3 Å². The Labute approximate surface area is 199 Å². The van der Waals surface area contributed by atoms with Crippen molar-refractivity contribution in [1.82, 2.24) is 10.6 Å². The lowest BCUT2D eigenvalue weighted by Gasteiger charge is -2.41. The quantitative estimate of drug-likeness (QED) is 0.510. The van der Waals surface area contributed by atoms with E-state index >= 15 is 0 Å². The summed E-state index contributed by atoms with van der Waals surface area (Å²) >= 11 is 0. The highest BCUT2D eigenvalue weighted by molar-refractivity contribution is 5.91. The molecule has 1 fully saturated rings. The van der Waals surface area contributed by atoms with Gasteiger partial charge in [0.15, 0.2) is 0 Å². The summed E-state index contributed by atoms with van der Waals surface area (Å²) in [5.41, 5.74) is 2.58. The molecule has 2 aromatic carbocycles. The number of hydrogen-bond acceptors (Lipinski definition) is 4. The normalized spacial score (nSPS) is 16.9. The number of rotatable bonds is 8. The summed E-state index contributed by atoms with van der Waals surface area (Å²) in [6.45, 7) is 0.00134. The summed E-state index contributed by atoms with van der Waals surface area (Å²) in [5, 5.41) is 13.1. The predicted octanol–water partition coefficient (Wildman–Crippen LogP) is 4.36. The van der Waals surface area contributed by atoms with Crippen molar-refractivity contribution >= 4 is 18.0 Å². The molecular weight excluding hydrogens is 465 g/mol. The SMILES string of the molecule is O=C(O)CC[C@H](NC(=O)C1(NC(=O)OCC2c3ccccc3-c3ccccc32)CCC1)C(F)(F)F. The molecule has 0 aliphatic heterocycles. The van der Waals surface area contributed by atoms with E-state index in [-0.39, 0.29) is 25.4 Å². The van der Waals surface area contributed by atoms with E-state index in [1.807, 2.05) is 53.8 Å². The molecular formula is C25H25F3N2O5. The highest BCUT2D eigenvalue weighted by atomic mass is 19.4. The number of carbonyl (C=O) groups excluding carboxylic acids is 2. The van der Waals surface area contributed by atoms with Gasteiger partial charge in [-0.25, -0.2) is 4.79 Å². The Kier molecular flexibility index (Phi) is 6.73. The molecule has 4 rings (SSSR count). The molecule has 0 spiro atoms. The van der Waals surface area contributed by atoms with Gasteiger partial charge in [0.2, 0.25) is 5.91 Å². The molecule has 35 heavy (non-hydrogen) atoms. The number of ether oxygens (including phenoxy) is 1. The molecule has 1 atom stereocenters. The van der Waals surface area contributed by atoms with Crippen LogP contribution in [0.15, 0.2) is 48.5 Å². The zero-order valence-corrected chi connectivity index (χ0v) is 18.7. The molecule has 0 radical (unpaired) electrons. The van der Waals surface area contributed by atoms with E-state index in [2.05, 4.69) is 5.32 Å². The summed E-state index contributed by atoms with van der Waals surface area (Å²) in [6.07, 6.45) is -6.40. The maximum atomic E-state index is 13.3. The number of benzene rings is 2. The van der Waals surface area contributed by atoms with Crippen LogP contribution in [0.2, 0.25) is 0 Å².